The van der Waals surface area contributed by atoms with Gasteiger partial charge in [-0.05, 0) is 11.6 Å². The molecule has 0 spiro atoms. The van der Waals surface area contributed by atoms with E-state index in [1.165, 1.54) is 12.1 Å². The lowest BCUT2D eigenvalue weighted by Crippen LogP contribution is -2.08. The number of hydrogen-bond acceptors (Lipinski definition) is 0. The van der Waals surface area contributed by atoms with Crippen LogP contribution in [0.1, 0.15) is 14.9 Å². The van der Waals surface area contributed by atoms with E-state index >= 15 is 0 Å². The van der Waals surface area contributed by atoms with E-state index in [0.29, 0.717) is 0 Å². The molecule has 0 saturated heterocycles. The molecule has 0 aliphatic rings. The van der Waals surface area contributed by atoms with Gasteiger partial charge in [-0.25, -0.2) is 0 Å². The van der Waals surface area contributed by atoms with Gasteiger partial charge in [-0.1, -0.05) is 50.1 Å². The highest BCUT2D eigenvalue weighted by atomic mass is 79.9. The Morgan fingerprint density at radius 3 is 2.00 bits per heavy atom. The zero-order valence-electron chi connectivity index (χ0n) is 6.28. The average molecular weight is 318 g/mol. The van der Waals surface area contributed by atoms with Crippen molar-refractivity contribution in [1.82, 2.24) is 0 Å². The predicted octanol–water partition coefficient (Wildman–Crippen LogP) is 4.49. The lowest BCUT2D eigenvalue weighted by molar-refractivity contribution is -0.138. The van der Waals surface area contributed by atoms with E-state index in [2.05, 4.69) is 31.9 Å². The SMILES string of the molecule is FC(F)(F)c1ccccc1C(Br)Br. The fraction of sp³-hybridized carbons (Fsp3) is 0.250. The fourth-order valence-electron chi connectivity index (χ4n) is 0.945. The van der Waals surface area contributed by atoms with Gasteiger partial charge in [-0.3, -0.25) is 0 Å². The van der Waals surface area contributed by atoms with Crippen LogP contribution in [0.15, 0.2) is 24.3 Å². The molecule has 0 heterocycles. The fourth-order valence-corrected chi connectivity index (χ4v) is 1.74. The molecular formula is C8H5Br2F3. The van der Waals surface area contributed by atoms with Crippen molar-refractivity contribution in [2.24, 2.45) is 0 Å². The smallest absolute Gasteiger partial charge is 0.166 e. The first-order chi connectivity index (χ1) is 5.93. The number of rotatable bonds is 1. The minimum atomic E-state index is -4.30. The van der Waals surface area contributed by atoms with Crippen LogP contribution in [0.3, 0.4) is 0 Å². The summed E-state index contributed by atoms with van der Waals surface area (Å²) in [4.78, 5) is 0. The van der Waals surface area contributed by atoms with Gasteiger partial charge in [0.25, 0.3) is 0 Å². The van der Waals surface area contributed by atoms with Gasteiger partial charge in [-0.15, -0.1) is 0 Å². The molecule has 5 heteroatoms. The Morgan fingerprint density at radius 1 is 1.08 bits per heavy atom. The van der Waals surface area contributed by atoms with Crippen molar-refractivity contribution in [2.45, 2.75) is 9.91 Å². The van der Waals surface area contributed by atoms with E-state index in [9.17, 15) is 13.2 Å². The zero-order chi connectivity index (χ0) is 10.1. The maximum absolute atomic E-state index is 12.4. The molecule has 0 radical (unpaired) electrons. The lowest BCUT2D eigenvalue weighted by Gasteiger charge is -2.12. The van der Waals surface area contributed by atoms with Crippen LogP contribution >= 0.6 is 31.9 Å². The second-order valence-electron chi connectivity index (χ2n) is 2.39. The minimum absolute atomic E-state index is 0.190. The number of hydrogen-bond donors (Lipinski definition) is 0. The Labute approximate surface area is 90.4 Å². The Balaban J connectivity index is 3.20. The highest BCUT2D eigenvalue weighted by molar-refractivity contribution is 9.24. The van der Waals surface area contributed by atoms with Crippen molar-refractivity contribution >= 4 is 31.9 Å². The molecule has 0 aliphatic carbocycles. The molecule has 0 amide bonds. The van der Waals surface area contributed by atoms with Crippen LogP contribution in [-0.2, 0) is 6.18 Å². The van der Waals surface area contributed by atoms with Crippen LogP contribution in [-0.4, -0.2) is 0 Å². The molecular weight excluding hydrogens is 313 g/mol. The molecule has 1 aromatic rings. The Morgan fingerprint density at radius 2 is 1.62 bits per heavy atom. The zero-order valence-corrected chi connectivity index (χ0v) is 9.45. The van der Waals surface area contributed by atoms with Gasteiger partial charge in [0.15, 0.2) is 0 Å². The van der Waals surface area contributed by atoms with Crippen LogP contribution in [0.4, 0.5) is 13.2 Å². The Hall–Kier alpha value is -0.0300. The molecule has 0 atom stereocenters. The third kappa shape index (κ3) is 2.71. The second kappa shape index (κ2) is 4.00. The first-order valence-corrected chi connectivity index (χ1v) is 5.20. The van der Waals surface area contributed by atoms with E-state index in [1.807, 2.05) is 0 Å². The van der Waals surface area contributed by atoms with Gasteiger partial charge in [0.2, 0.25) is 0 Å². The van der Waals surface area contributed by atoms with Crippen molar-refractivity contribution in [3.63, 3.8) is 0 Å². The van der Waals surface area contributed by atoms with Crippen LogP contribution in [0.5, 0.6) is 0 Å². The van der Waals surface area contributed by atoms with E-state index in [-0.39, 0.29) is 5.56 Å². The normalized spacial score (nSPS) is 12.2. The summed E-state index contributed by atoms with van der Waals surface area (Å²) >= 11 is 6.08. The molecule has 0 saturated carbocycles. The topological polar surface area (TPSA) is 0 Å². The molecule has 0 aromatic heterocycles. The molecule has 0 nitrogen and oxygen atoms in total. The van der Waals surface area contributed by atoms with E-state index < -0.39 is 15.5 Å². The van der Waals surface area contributed by atoms with E-state index in [0.717, 1.165) is 6.07 Å². The van der Waals surface area contributed by atoms with Crippen molar-refractivity contribution < 1.29 is 13.2 Å². The largest absolute Gasteiger partial charge is 0.416 e. The number of halogens is 5. The molecule has 72 valence electrons. The maximum Gasteiger partial charge on any atom is 0.416 e. The van der Waals surface area contributed by atoms with Gasteiger partial charge in [-0.2, -0.15) is 13.2 Å². The summed E-state index contributed by atoms with van der Waals surface area (Å²) in [7, 11) is 0. The summed E-state index contributed by atoms with van der Waals surface area (Å²) in [5, 5.41) is 0. The molecule has 0 N–H and O–H groups in total. The monoisotopic (exact) mass is 316 g/mol. The van der Waals surface area contributed by atoms with Crippen LogP contribution in [0, 0.1) is 0 Å². The average Bonchev–Trinajstić information content (AvgIpc) is 2.03. The summed E-state index contributed by atoms with van der Waals surface area (Å²) < 4.78 is 36.6. The van der Waals surface area contributed by atoms with Crippen LogP contribution in [0.2, 0.25) is 0 Å². The third-order valence-electron chi connectivity index (χ3n) is 1.50. The van der Waals surface area contributed by atoms with E-state index in [4.69, 9.17) is 0 Å². The molecule has 0 unspecified atom stereocenters. The van der Waals surface area contributed by atoms with Gasteiger partial charge >= 0.3 is 6.18 Å². The van der Waals surface area contributed by atoms with Gasteiger partial charge < -0.3 is 0 Å². The van der Waals surface area contributed by atoms with Crippen molar-refractivity contribution in [3.8, 4) is 0 Å². The highest BCUT2D eigenvalue weighted by Gasteiger charge is 2.33. The Kier molecular flexibility index (Phi) is 3.40. The molecule has 13 heavy (non-hydrogen) atoms. The maximum atomic E-state index is 12.4. The second-order valence-corrected chi connectivity index (χ2v) is 5.45. The highest BCUT2D eigenvalue weighted by Crippen LogP contribution is 2.39. The third-order valence-corrected chi connectivity index (χ3v) is 2.49. The molecule has 0 aliphatic heterocycles. The number of benzene rings is 1. The standard InChI is InChI=1S/C8H5Br2F3/c9-7(10)5-3-1-2-4-6(5)8(11,12)13/h1-4,7H. The summed E-state index contributed by atoms with van der Waals surface area (Å²) in [5.41, 5.74) is -0.427. The van der Waals surface area contributed by atoms with Gasteiger partial charge in [0.05, 0.1) is 9.30 Å². The molecule has 0 fully saturated rings. The van der Waals surface area contributed by atoms with Crippen molar-refractivity contribution in [2.75, 3.05) is 0 Å². The van der Waals surface area contributed by atoms with Crippen LogP contribution in [0.25, 0.3) is 0 Å². The quantitative estimate of drug-likeness (QED) is 0.669. The summed E-state index contributed by atoms with van der Waals surface area (Å²) in [6.07, 6.45) is -4.30. The lowest BCUT2D eigenvalue weighted by atomic mass is 10.1. The minimum Gasteiger partial charge on any atom is -0.166 e. The van der Waals surface area contributed by atoms with Gasteiger partial charge in [0, 0.05) is 0 Å². The predicted molar refractivity (Wildman–Crippen MR) is 52.0 cm³/mol. The van der Waals surface area contributed by atoms with Crippen LogP contribution < -0.4 is 0 Å². The first kappa shape index (κ1) is 11.0. The number of alkyl halides is 5. The van der Waals surface area contributed by atoms with Crippen molar-refractivity contribution in [3.05, 3.63) is 35.4 Å². The van der Waals surface area contributed by atoms with Crippen molar-refractivity contribution in [1.29, 1.82) is 0 Å². The van der Waals surface area contributed by atoms with E-state index in [1.54, 1.807) is 6.07 Å². The Bertz CT molecular complexity index is 294. The molecule has 1 rings (SSSR count). The van der Waals surface area contributed by atoms with Gasteiger partial charge in [0.1, 0.15) is 0 Å². The molecule has 0 bridgehead atoms. The molecule has 1 aromatic carbocycles. The first-order valence-electron chi connectivity index (χ1n) is 3.37. The summed E-state index contributed by atoms with van der Waals surface area (Å²) in [5.74, 6) is 0. The summed E-state index contributed by atoms with van der Waals surface area (Å²) in [6.45, 7) is 0. The summed E-state index contributed by atoms with van der Waals surface area (Å²) in [6, 6.07) is 5.43.